The number of hydrogen-bond donors (Lipinski definition) is 2. The predicted molar refractivity (Wildman–Crippen MR) is 66.6 cm³/mol. The molecule has 16 heavy (non-hydrogen) atoms. The van der Waals surface area contributed by atoms with Gasteiger partial charge < -0.3 is 15.4 Å². The molecule has 0 radical (unpaired) electrons. The number of hydrogen-bond acceptors (Lipinski definition) is 4. The number of rotatable bonds is 8. The third-order valence-electron chi connectivity index (χ3n) is 2.18. The Kier molecular flexibility index (Phi) is 6.53. The second-order valence-corrected chi connectivity index (χ2v) is 3.63. The van der Waals surface area contributed by atoms with Gasteiger partial charge in [0.05, 0.1) is 12.3 Å². The van der Waals surface area contributed by atoms with Gasteiger partial charge in [-0.2, -0.15) is 0 Å². The van der Waals surface area contributed by atoms with Crippen molar-refractivity contribution in [2.45, 2.75) is 19.9 Å². The van der Waals surface area contributed by atoms with Crippen LogP contribution in [0.25, 0.3) is 0 Å². The van der Waals surface area contributed by atoms with Gasteiger partial charge in [-0.3, -0.25) is 4.98 Å². The van der Waals surface area contributed by atoms with Crippen LogP contribution in [-0.2, 0) is 11.3 Å². The molecule has 0 fully saturated rings. The van der Waals surface area contributed by atoms with Crippen molar-refractivity contribution in [3.63, 3.8) is 0 Å². The summed E-state index contributed by atoms with van der Waals surface area (Å²) in [6, 6.07) is 4.04. The van der Waals surface area contributed by atoms with Gasteiger partial charge in [0.1, 0.15) is 0 Å². The van der Waals surface area contributed by atoms with E-state index in [9.17, 15) is 0 Å². The van der Waals surface area contributed by atoms with E-state index >= 15 is 0 Å². The molecular weight excluding hydrogens is 202 g/mol. The Hall–Kier alpha value is -1.13. The summed E-state index contributed by atoms with van der Waals surface area (Å²) in [5.41, 5.74) is 2.16. The molecule has 0 spiro atoms. The standard InChI is InChI=1S/C12H21N3O/c1-3-5-13-10-12-9-11(4-6-14-12)15-7-8-16-2/h4,6,9,13H,3,5,7-8,10H2,1-2H3,(H,14,15). The van der Waals surface area contributed by atoms with E-state index in [2.05, 4.69) is 28.6 Å². The zero-order valence-corrected chi connectivity index (χ0v) is 10.1. The summed E-state index contributed by atoms with van der Waals surface area (Å²) in [4.78, 5) is 4.31. The van der Waals surface area contributed by atoms with Gasteiger partial charge in [0.15, 0.2) is 0 Å². The average Bonchev–Trinajstić information content (AvgIpc) is 2.30. The normalized spacial score (nSPS) is 10.4. The molecule has 0 bridgehead atoms. The third kappa shape index (κ3) is 5.09. The highest BCUT2D eigenvalue weighted by Crippen LogP contribution is 2.07. The predicted octanol–water partition coefficient (Wildman–Crippen LogP) is 1.64. The van der Waals surface area contributed by atoms with Crippen molar-refractivity contribution in [3.05, 3.63) is 24.0 Å². The minimum absolute atomic E-state index is 0.714. The van der Waals surface area contributed by atoms with Crippen LogP contribution >= 0.6 is 0 Å². The summed E-state index contributed by atoms with van der Waals surface area (Å²) in [5.74, 6) is 0. The van der Waals surface area contributed by atoms with Gasteiger partial charge in [0.25, 0.3) is 0 Å². The van der Waals surface area contributed by atoms with Crippen LogP contribution in [0.5, 0.6) is 0 Å². The van der Waals surface area contributed by atoms with Crippen LogP contribution in [-0.4, -0.2) is 31.8 Å². The highest BCUT2D eigenvalue weighted by atomic mass is 16.5. The van der Waals surface area contributed by atoms with Crippen LogP contribution in [0.2, 0.25) is 0 Å². The van der Waals surface area contributed by atoms with E-state index in [0.29, 0.717) is 6.61 Å². The van der Waals surface area contributed by atoms with E-state index < -0.39 is 0 Å². The molecule has 0 unspecified atom stereocenters. The number of ether oxygens (including phenoxy) is 1. The fourth-order valence-corrected chi connectivity index (χ4v) is 1.38. The van der Waals surface area contributed by atoms with Crippen molar-refractivity contribution in [2.75, 3.05) is 32.1 Å². The Bertz CT molecular complexity index is 266. The second kappa shape index (κ2) is 8.07. The Morgan fingerprint density at radius 1 is 1.38 bits per heavy atom. The zero-order valence-electron chi connectivity index (χ0n) is 10.1. The fourth-order valence-electron chi connectivity index (χ4n) is 1.38. The zero-order chi connectivity index (χ0) is 11.6. The SMILES string of the molecule is CCCNCc1cc(NCCOC)ccn1. The van der Waals surface area contributed by atoms with Gasteiger partial charge in [-0.05, 0) is 25.1 Å². The topological polar surface area (TPSA) is 46.2 Å². The van der Waals surface area contributed by atoms with Crippen LogP contribution in [0.4, 0.5) is 5.69 Å². The summed E-state index contributed by atoms with van der Waals surface area (Å²) in [5, 5.41) is 6.61. The van der Waals surface area contributed by atoms with Crippen molar-refractivity contribution < 1.29 is 4.74 Å². The van der Waals surface area contributed by atoms with Crippen molar-refractivity contribution in [2.24, 2.45) is 0 Å². The van der Waals surface area contributed by atoms with E-state index in [-0.39, 0.29) is 0 Å². The molecule has 4 nitrogen and oxygen atoms in total. The van der Waals surface area contributed by atoms with Crippen molar-refractivity contribution in [1.29, 1.82) is 0 Å². The summed E-state index contributed by atoms with van der Waals surface area (Å²) in [6.45, 7) is 5.55. The minimum atomic E-state index is 0.714. The maximum atomic E-state index is 4.98. The smallest absolute Gasteiger partial charge is 0.0635 e. The number of nitrogens with zero attached hydrogens (tertiary/aromatic N) is 1. The highest BCUT2D eigenvalue weighted by molar-refractivity contribution is 5.43. The Balaban J connectivity index is 2.37. The lowest BCUT2D eigenvalue weighted by atomic mass is 10.3. The summed E-state index contributed by atoms with van der Waals surface area (Å²) in [7, 11) is 1.70. The van der Waals surface area contributed by atoms with E-state index in [4.69, 9.17) is 4.74 Å². The average molecular weight is 223 g/mol. The molecule has 0 aromatic carbocycles. The molecule has 1 heterocycles. The maximum absolute atomic E-state index is 4.98. The summed E-state index contributed by atoms with van der Waals surface area (Å²) in [6.07, 6.45) is 2.98. The number of anilines is 1. The number of methoxy groups -OCH3 is 1. The van der Waals surface area contributed by atoms with Gasteiger partial charge in [-0.15, -0.1) is 0 Å². The first-order chi connectivity index (χ1) is 7.86. The van der Waals surface area contributed by atoms with E-state index in [1.165, 1.54) is 0 Å². The highest BCUT2D eigenvalue weighted by Gasteiger charge is 1.96. The molecule has 0 aliphatic rings. The van der Waals surface area contributed by atoms with Crippen LogP contribution in [0, 0.1) is 0 Å². The Morgan fingerprint density at radius 3 is 3.00 bits per heavy atom. The molecule has 0 amide bonds. The molecule has 2 N–H and O–H groups in total. The minimum Gasteiger partial charge on any atom is -0.383 e. The van der Waals surface area contributed by atoms with Gasteiger partial charge in [0, 0.05) is 32.1 Å². The summed E-state index contributed by atoms with van der Waals surface area (Å²) < 4.78 is 4.98. The molecule has 0 saturated carbocycles. The molecule has 0 aliphatic heterocycles. The number of pyridine rings is 1. The first kappa shape index (κ1) is 12.9. The molecule has 1 rings (SSSR count). The van der Waals surface area contributed by atoms with Crippen LogP contribution in [0.3, 0.4) is 0 Å². The van der Waals surface area contributed by atoms with Gasteiger partial charge >= 0.3 is 0 Å². The van der Waals surface area contributed by atoms with Gasteiger partial charge in [-0.1, -0.05) is 6.92 Å². The molecule has 1 aromatic rings. The first-order valence-corrected chi connectivity index (χ1v) is 5.75. The van der Waals surface area contributed by atoms with Crippen LogP contribution in [0.15, 0.2) is 18.3 Å². The van der Waals surface area contributed by atoms with Crippen LogP contribution in [0.1, 0.15) is 19.0 Å². The van der Waals surface area contributed by atoms with Gasteiger partial charge in [-0.25, -0.2) is 0 Å². The Labute approximate surface area is 97.4 Å². The van der Waals surface area contributed by atoms with E-state index in [0.717, 1.165) is 37.4 Å². The lowest BCUT2D eigenvalue weighted by Gasteiger charge is -2.07. The molecular formula is C12H21N3O. The summed E-state index contributed by atoms with van der Waals surface area (Å²) >= 11 is 0. The first-order valence-electron chi connectivity index (χ1n) is 5.75. The molecule has 1 aromatic heterocycles. The van der Waals surface area contributed by atoms with Crippen molar-refractivity contribution >= 4 is 5.69 Å². The number of nitrogens with one attached hydrogen (secondary N) is 2. The van der Waals surface area contributed by atoms with Crippen molar-refractivity contribution in [3.8, 4) is 0 Å². The third-order valence-corrected chi connectivity index (χ3v) is 2.18. The maximum Gasteiger partial charge on any atom is 0.0635 e. The molecule has 4 heteroatoms. The lowest BCUT2D eigenvalue weighted by Crippen LogP contribution is -2.15. The lowest BCUT2D eigenvalue weighted by molar-refractivity contribution is 0.211. The van der Waals surface area contributed by atoms with Crippen LogP contribution < -0.4 is 10.6 Å². The van der Waals surface area contributed by atoms with Crippen molar-refractivity contribution in [1.82, 2.24) is 10.3 Å². The number of aromatic nitrogens is 1. The van der Waals surface area contributed by atoms with Gasteiger partial charge in [0.2, 0.25) is 0 Å². The quantitative estimate of drug-likeness (QED) is 0.658. The fraction of sp³-hybridized carbons (Fsp3) is 0.583. The van der Waals surface area contributed by atoms with E-state index in [1.54, 1.807) is 7.11 Å². The molecule has 0 saturated heterocycles. The monoisotopic (exact) mass is 223 g/mol. The largest absolute Gasteiger partial charge is 0.383 e. The Morgan fingerprint density at radius 2 is 2.25 bits per heavy atom. The molecule has 0 atom stereocenters. The molecule has 0 aliphatic carbocycles. The second-order valence-electron chi connectivity index (χ2n) is 3.63. The molecule has 90 valence electrons. The van der Waals surface area contributed by atoms with E-state index in [1.807, 2.05) is 12.3 Å².